The second kappa shape index (κ2) is 9.96. The Labute approximate surface area is 155 Å². The van der Waals surface area contributed by atoms with Crippen molar-refractivity contribution in [3.8, 4) is 5.75 Å². The van der Waals surface area contributed by atoms with Gasteiger partial charge in [-0.05, 0) is 31.0 Å². The highest BCUT2D eigenvalue weighted by atomic mass is 35.5. The van der Waals surface area contributed by atoms with Crippen LogP contribution in [0.5, 0.6) is 5.75 Å². The number of amides is 1. The number of halogens is 4. The van der Waals surface area contributed by atoms with Crippen molar-refractivity contribution in [3.63, 3.8) is 0 Å². The van der Waals surface area contributed by atoms with E-state index >= 15 is 0 Å². The Morgan fingerprint density at radius 3 is 2.77 bits per heavy atom. The van der Waals surface area contributed by atoms with Gasteiger partial charge >= 0.3 is 6.18 Å². The van der Waals surface area contributed by atoms with Crippen LogP contribution < -0.4 is 15.8 Å². The maximum atomic E-state index is 12.6. The van der Waals surface area contributed by atoms with Crippen molar-refractivity contribution in [2.45, 2.75) is 37.3 Å². The second-order valence-corrected chi connectivity index (χ2v) is 5.80. The molecular weight excluding hydrogens is 377 g/mol. The van der Waals surface area contributed by atoms with Gasteiger partial charge in [-0.3, -0.25) is 4.79 Å². The smallest absolute Gasteiger partial charge is 0.416 e. The number of rotatable bonds is 7. The van der Waals surface area contributed by atoms with Gasteiger partial charge in [-0.1, -0.05) is 6.07 Å². The van der Waals surface area contributed by atoms with Crippen LogP contribution >= 0.6 is 12.4 Å². The Bertz CT molecular complexity index is 589. The summed E-state index contributed by atoms with van der Waals surface area (Å²) in [7, 11) is 0. The summed E-state index contributed by atoms with van der Waals surface area (Å²) >= 11 is 0. The zero-order valence-electron chi connectivity index (χ0n) is 13.9. The standard InChI is InChI=1S/C16H21F3N2O4.ClH/c17-16(18,19)10-2-1-3-12(6-10)24-9-11(22)8-21-15(23)14-5-4-13(7-20)25-14;/h1-3,6,11,13-14,22H,4-5,7-9,20H2,(H,21,23);1H/t11?,13-,14+;/m1./s1. The van der Waals surface area contributed by atoms with Crippen LogP contribution in [-0.2, 0) is 15.7 Å². The summed E-state index contributed by atoms with van der Waals surface area (Å²) < 4.78 is 48.4. The molecule has 0 radical (unpaired) electrons. The fourth-order valence-corrected chi connectivity index (χ4v) is 2.42. The van der Waals surface area contributed by atoms with Crippen LogP contribution in [0.25, 0.3) is 0 Å². The first-order chi connectivity index (χ1) is 11.8. The Morgan fingerprint density at radius 1 is 1.42 bits per heavy atom. The Morgan fingerprint density at radius 2 is 2.15 bits per heavy atom. The number of benzene rings is 1. The van der Waals surface area contributed by atoms with E-state index in [1.165, 1.54) is 12.1 Å². The number of aliphatic hydroxyl groups is 1. The van der Waals surface area contributed by atoms with Crippen LogP contribution in [0.1, 0.15) is 18.4 Å². The quantitative estimate of drug-likeness (QED) is 0.647. The number of aliphatic hydroxyl groups excluding tert-OH is 1. The van der Waals surface area contributed by atoms with Gasteiger partial charge in [-0.25, -0.2) is 0 Å². The molecule has 1 aromatic carbocycles. The van der Waals surface area contributed by atoms with Crippen molar-refractivity contribution < 1.29 is 32.5 Å². The van der Waals surface area contributed by atoms with Crippen LogP contribution in [-0.4, -0.2) is 49.0 Å². The fourth-order valence-electron chi connectivity index (χ4n) is 2.42. The van der Waals surface area contributed by atoms with Gasteiger partial charge in [0.2, 0.25) is 5.91 Å². The number of nitrogens with one attached hydrogen (secondary N) is 1. The third-order valence-corrected chi connectivity index (χ3v) is 3.78. The first kappa shape index (κ1) is 22.5. The molecular formula is C16H22ClF3N2O4. The van der Waals surface area contributed by atoms with Crippen molar-refractivity contribution >= 4 is 18.3 Å². The highest BCUT2D eigenvalue weighted by molar-refractivity contribution is 5.85. The molecule has 3 atom stereocenters. The molecule has 0 aromatic heterocycles. The highest BCUT2D eigenvalue weighted by Crippen LogP contribution is 2.31. The SMILES string of the molecule is Cl.NC[C@H]1CC[C@@H](C(=O)NCC(O)COc2cccc(C(F)(F)F)c2)O1. The predicted octanol–water partition coefficient (Wildman–Crippen LogP) is 1.49. The summed E-state index contributed by atoms with van der Waals surface area (Å²) in [5, 5.41) is 12.3. The average Bonchev–Trinajstić information content (AvgIpc) is 3.06. The monoisotopic (exact) mass is 398 g/mol. The van der Waals surface area contributed by atoms with Gasteiger partial charge in [0.05, 0.1) is 11.7 Å². The van der Waals surface area contributed by atoms with Crippen LogP contribution in [0.2, 0.25) is 0 Å². The van der Waals surface area contributed by atoms with Crippen molar-refractivity contribution in [1.29, 1.82) is 0 Å². The number of alkyl halides is 3. The largest absolute Gasteiger partial charge is 0.491 e. The van der Waals surface area contributed by atoms with Crippen molar-refractivity contribution in [2.75, 3.05) is 19.7 Å². The van der Waals surface area contributed by atoms with E-state index in [1.54, 1.807) is 0 Å². The normalized spacial score (nSPS) is 21.0. The molecule has 1 aliphatic heterocycles. The summed E-state index contributed by atoms with van der Waals surface area (Å²) in [6, 6.07) is 4.36. The number of carbonyl (C=O) groups is 1. The lowest BCUT2D eigenvalue weighted by Gasteiger charge is -2.16. The lowest BCUT2D eigenvalue weighted by Crippen LogP contribution is -2.41. The topological polar surface area (TPSA) is 93.8 Å². The number of carbonyl (C=O) groups excluding carboxylic acids is 1. The zero-order valence-corrected chi connectivity index (χ0v) is 14.7. The molecule has 1 aliphatic rings. The Kier molecular flexibility index (Phi) is 8.61. The van der Waals surface area contributed by atoms with E-state index in [9.17, 15) is 23.1 Å². The zero-order chi connectivity index (χ0) is 18.4. The average molecular weight is 399 g/mol. The van der Waals surface area contributed by atoms with E-state index in [0.717, 1.165) is 12.1 Å². The maximum Gasteiger partial charge on any atom is 0.416 e. The van der Waals surface area contributed by atoms with Gasteiger partial charge in [0, 0.05) is 13.1 Å². The van der Waals surface area contributed by atoms with Gasteiger partial charge in [0.1, 0.15) is 24.6 Å². The Hall–Kier alpha value is -1.55. The van der Waals surface area contributed by atoms with Crippen LogP contribution in [0.15, 0.2) is 24.3 Å². The summed E-state index contributed by atoms with van der Waals surface area (Å²) in [4.78, 5) is 11.9. The molecule has 0 bridgehead atoms. The first-order valence-corrected chi connectivity index (χ1v) is 7.91. The minimum absolute atomic E-state index is 0. The van der Waals surface area contributed by atoms with Gasteiger partial charge in [-0.2, -0.15) is 13.2 Å². The molecule has 4 N–H and O–H groups in total. The van der Waals surface area contributed by atoms with Crippen LogP contribution in [0.4, 0.5) is 13.2 Å². The van der Waals surface area contributed by atoms with Crippen LogP contribution in [0.3, 0.4) is 0 Å². The Balaban J connectivity index is 0.00000338. The molecule has 2 rings (SSSR count). The summed E-state index contributed by atoms with van der Waals surface area (Å²) in [5.74, 6) is -0.362. The highest BCUT2D eigenvalue weighted by Gasteiger charge is 2.31. The van der Waals surface area contributed by atoms with Crippen molar-refractivity contribution in [2.24, 2.45) is 5.73 Å². The molecule has 6 nitrogen and oxygen atoms in total. The van der Waals surface area contributed by atoms with Gasteiger partial charge in [0.15, 0.2) is 0 Å². The lowest BCUT2D eigenvalue weighted by atomic mass is 10.2. The minimum atomic E-state index is -4.46. The number of ether oxygens (including phenoxy) is 2. The first-order valence-electron chi connectivity index (χ1n) is 7.91. The lowest BCUT2D eigenvalue weighted by molar-refractivity contribution is -0.137. The van der Waals surface area contributed by atoms with Gasteiger partial charge < -0.3 is 25.6 Å². The summed E-state index contributed by atoms with van der Waals surface area (Å²) in [6.45, 7) is 0.000715. The van der Waals surface area contributed by atoms with Gasteiger partial charge in [0.25, 0.3) is 0 Å². The molecule has 1 saturated heterocycles. The van der Waals surface area contributed by atoms with E-state index in [4.69, 9.17) is 15.2 Å². The second-order valence-electron chi connectivity index (χ2n) is 5.80. The molecule has 0 spiro atoms. The van der Waals surface area contributed by atoms with Crippen LogP contribution in [0, 0.1) is 0 Å². The number of nitrogens with two attached hydrogens (primary N) is 1. The molecule has 1 heterocycles. The van der Waals surface area contributed by atoms with Crippen molar-refractivity contribution in [3.05, 3.63) is 29.8 Å². The molecule has 10 heteroatoms. The molecule has 1 unspecified atom stereocenters. The summed E-state index contributed by atoms with van der Waals surface area (Å²) in [5.41, 5.74) is 4.63. The molecule has 1 amide bonds. The van der Waals surface area contributed by atoms with E-state index < -0.39 is 23.9 Å². The number of hydrogen-bond donors (Lipinski definition) is 3. The third-order valence-electron chi connectivity index (χ3n) is 3.78. The molecule has 0 saturated carbocycles. The van der Waals surface area contributed by atoms with E-state index in [2.05, 4.69) is 5.32 Å². The molecule has 0 aliphatic carbocycles. The van der Waals surface area contributed by atoms with E-state index in [-0.39, 0.29) is 43.3 Å². The van der Waals surface area contributed by atoms with Gasteiger partial charge in [-0.15, -0.1) is 12.4 Å². The summed E-state index contributed by atoms with van der Waals surface area (Å²) in [6.07, 6.45) is -4.99. The fraction of sp³-hybridized carbons (Fsp3) is 0.562. The molecule has 1 fully saturated rings. The van der Waals surface area contributed by atoms with Crippen molar-refractivity contribution in [1.82, 2.24) is 5.32 Å². The van der Waals surface area contributed by atoms with E-state index in [1.807, 2.05) is 0 Å². The maximum absolute atomic E-state index is 12.6. The predicted molar refractivity (Wildman–Crippen MR) is 90.2 cm³/mol. The third kappa shape index (κ3) is 6.64. The number of hydrogen-bond acceptors (Lipinski definition) is 5. The molecule has 148 valence electrons. The molecule has 26 heavy (non-hydrogen) atoms. The molecule has 1 aromatic rings. The minimum Gasteiger partial charge on any atom is -0.491 e. The van der Waals surface area contributed by atoms with E-state index in [0.29, 0.717) is 19.4 Å².